The number of benzene rings is 1. The normalized spacial score (nSPS) is 33.3. The molecule has 1 aliphatic carbocycles. The highest BCUT2D eigenvalue weighted by molar-refractivity contribution is 7.93. The molecule has 1 aromatic rings. The maximum absolute atomic E-state index is 14.4. The monoisotopic (exact) mass is 409 g/mol. The van der Waals surface area contributed by atoms with Gasteiger partial charge in [-0.25, -0.2) is 8.57 Å². The van der Waals surface area contributed by atoms with Crippen molar-refractivity contribution in [3.63, 3.8) is 0 Å². The summed E-state index contributed by atoms with van der Waals surface area (Å²) in [5.74, 6) is 0.354. The van der Waals surface area contributed by atoms with E-state index < -0.39 is 27.5 Å². The van der Waals surface area contributed by atoms with Crippen LogP contribution in [0.3, 0.4) is 0 Å². The zero-order valence-corrected chi connectivity index (χ0v) is 18.3. The van der Waals surface area contributed by atoms with Crippen molar-refractivity contribution < 1.29 is 19.2 Å². The number of aliphatic hydroxyl groups is 2. The van der Waals surface area contributed by atoms with E-state index in [0.717, 1.165) is 31.2 Å². The zero-order chi connectivity index (χ0) is 20.5. The summed E-state index contributed by atoms with van der Waals surface area (Å²) in [7, 11) is -2.82. The van der Waals surface area contributed by atoms with E-state index in [1.807, 2.05) is 52.0 Å². The molecule has 6 atom stereocenters. The Kier molecular flexibility index (Phi) is 6.54. The summed E-state index contributed by atoms with van der Waals surface area (Å²) < 4.78 is 25.4. The summed E-state index contributed by atoms with van der Waals surface area (Å²) in [6.45, 7) is 7.75. The van der Waals surface area contributed by atoms with E-state index in [0.29, 0.717) is 4.90 Å². The molecule has 6 heteroatoms. The summed E-state index contributed by atoms with van der Waals surface area (Å²) in [4.78, 5) is 0.688. The summed E-state index contributed by atoms with van der Waals surface area (Å²) in [5, 5.41) is 20.5. The molecule has 1 aromatic carbocycles. The molecule has 1 saturated heterocycles. The molecular weight excluding hydrogens is 374 g/mol. The van der Waals surface area contributed by atoms with Gasteiger partial charge in [0.15, 0.2) is 0 Å². The number of rotatable bonds is 6. The molecule has 158 valence electrons. The Bertz CT molecular complexity index is 784. The fourth-order valence-corrected chi connectivity index (χ4v) is 7.45. The number of aliphatic hydroxyl groups excluding tert-OH is 2. The number of hydrogen-bond donors (Lipinski definition) is 2. The molecule has 5 nitrogen and oxygen atoms in total. The third kappa shape index (κ3) is 4.16. The Morgan fingerprint density at radius 3 is 2.57 bits per heavy atom. The smallest absolute Gasteiger partial charge is 0.0868 e. The molecule has 1 saturated carbocycles. The molecule has 28 heavy (non-hydrogen) atoms. The maximum atomic E-state index is 14.4. The largest absolute Gasteiger partial charge is 0.394 e. The first-order valence-electron chi connectivity index (χ1n) is 10.5. The van der Waals surface area contributed by atoms with E-state index in [-0.39, 0.29) is 30.3 Å². The predicted molar refractivity (Wildman–Crippen MR) is 112 cm³/mol. The molecule has 0 bridgehead atoms. The van der Waals surface area contributed by atoms with Gasteiger partial charge in [-0.15, -0.1) is 0 Å². The lowest BCUT2D eigenvalue weighted by Gasteiger charge is -2.39. The van der Waals surface area contributed by atoms with Gasteiger partial charge < -0.3 is 14.9 Å². The minimum absolute atomic E-state index is 0.00986. The topological polar surface area (TPSA) is 79.1 Å². The average molecular weight is 410 g/mol. The molecule has 1 aliphatic heterocycles. The number of aryl methyl sites for hydroxylation is 1. The standard InChI is InChI=1S/C22H35NO4S/c1-15(2)20(13-24)23-28(26,18-10-8-16(3)9-11-18)14-22-12-6-5-7-19(22)21(25)17(4)27-22/h8-11,15,17,19-21,24-25H,5-7,12-14H2,1-4H3/t17-,19-,20-,21-,22+,28?/m0/s1. The Morgan fingerprint density at radius 1 is 1.29 bits per heavy atom. The number of ether oxygens (including phenoxy) is 1. The van der Waals surface area contributed by atoms with Crippen LogP contribution in [0.4, 0.5) is 0 Å². The van der Waals surface area contributed by atoms with Crippen LogP contribution in [0.5, 0.6) is 0 Å². The Hall–Kier alpha value is -0.950. The van der Waals surface area contributed by atoms with Crippen LogP contribution in [0, 0.1) is 18.8 Å². The second kappa shape index (κ2) is 8.42. The Labute approximate surface area is 169 Å². The van der Waals surface area contributed by atoms with Gasteiger partial charge in [-0.2, -0.15) is 0 Å². The fraction of sp³-hybridized carbons (Fsp3) is 0.727. The van der Waals surface area contributed by atoms with E-state index in [2.05, 4.69) is 0 Å². The molecule has 2 fully saturated rings. The average Bonchev–Trinajstić information content (AvgIpc) is 2.90. The summed E-state index contributed by atoms with van der Waals surface area (Å²) in [5.41, 5.74) is 0.488. The second-order valence-electron chi connectivity index (χ2n) is 8.93. The number of nitrogens with zero attached hydrogens (tertiary/aromatic N) is 1. The van der Waals surface area contributed by atoms with E-state index in [4.69, 9.17) is 9.10 Å². The molecular formula is C22H35NO4S. The minimum atomic E-state index is -2.82. The zero-order valence-electron chi connectivity index (χ0n) is 17.5. The quantitative estimate of drug-likeness (QED) is 0.753. The van der Waals surface area contributed by atoms with Crippen LogP contribution in [0.15, 0.2) is 33.5 Å². The van der Waals surface area contributed by atoms with Crippen molar-refractivity contribution in [1.29, 1.82) is 0 Å². The lowest BCUT2D eigenvalue weighted by Crippen LogP contribution is -2.46. The molecule has 0 spiro atoms. The summed E-state index contributed by atoms with van der Waals surface area (Å²) >= 11 is 0. The molecule has 2 N–H and O–H groups in total. The third-order valence-electron chi connectivity index (χ3n) is 6.45. The predicted octanol–water partition coefficient (Wildman–Crippen LogP) is 3.55. The molecule has 0 amide bonds. The first-order chi connectivity index (χ1) is 13.2. The van der Waals surface area contributed by atoms with Crippen LogP contribution in [0.2, 0.25) is 0 Å². The van der Waals surface area contributed by atoms with Gasteiger partial charge in [-0.1, -0.05) is 44.4 Å². The van der Waals surface area contributed by atoms with Crippen molar-refractivity contribution in [2.45, 2.75) is 82.1 Å². The molecule has 3 rings (SSSR count). The highest BCUT2D eigenvalue weighted by Crippen LogP contribution is 2.47. The lowest BCUT2D eigenvalue weighted by atomic mass is 9.75. The van der Waals surface area contributed by atoms with Gasteiger partial charge in [0.1, 0.15) is 0 Å². The van der Waals surface area contributed by atoms with Gasteiger partial charge in [-0.05, 0) is 44.7 Å². The van der Waals surface area contributed by atoms with Gasteiger partial charge in [-0.3, -0.25) is 0 Å². The summed E-state index contributed by atoms with van der Waals surface area (Å²) in [6, 6.07) is 7.29. The van der Waals surface area contributed by atoms with Crippen LogP contribution in [-0.2, 0) is 14.5 Å². The molecule has 0 radical (unpaired) electrons. The third-order valence-corrected chi connectivity index (χ3v) is 8.95. The molecule has 2 aliphatic rings. The van der Waals surface area contributed by atoms with Crippen molar-refractivity contribution in [3.8, 4) is 0 Å². The van der Waals surface area contributed by atoms with Gasteiger partial charge in [0.2, 0.25) is 0 Å². The van der Waals surface area contributed by atoms with Crippen LogP contribution in [0.25, 0.3) is 0 Å². The first kappa shape index (κ1) is 21.8. The van der Waals surface area contributed by atoms with Gasteiger partial charge in [0, 0.05) is 10.8 Å². The van der Waals surface area contributed by atoms with E-state index in [9.17, 15) is 14.4 Å². The highest BCUT2D eigenvalue weighted by atomic mass is 32.2. The molecule has 1 heterocycles. The maximum Gasteiger partial charge on any atom is 0.0868 e. The van der Waals surface area contributed by atoms with Gasteiger partial charge in [0.25, 0.3) is 0 Å². The van der Waals surface area contributed by atoms with Crippen molar-refractivity contribution >= 4 is 9.73 Å². The Morgan fingerprint density at radius 2 is 1.96 bits per heavy atom. The van der Waals surface area contributed by atoms with Crippen LogP contribution < -0.4 is 0 Å². The van der Waals surface area contributed by atoms with E-state index in [1.165, 1.54) is 0 Å². The van der Waals surface area contributed by atoms with Gasteiger partial charge in [0.05, 0.1) is 45.9 Å². The Balaban J connectivity index is 2.08. The number of hydrogen-bond acceptors (Lipinski definition) is 5. The lowest BCUT2D eigenvalue weighted by molar-refractivity contribution is -0.0547. The highest BCUT2D eigenvalue weighted by Gasteiger charge is 2.55. The molecule has 0 aromatic heterocycles. The van der Waals surface area contributed by atoms with Crippen molar-refractivity contribution in [2.24, 2.45) is 16.2 Å². The number of fused-ring (bicyclic) bond motifs is 1. The second-order valence-corrected chi connectivity index (χ2v) is 11.2. The van der Waals surface area contributed by atoms with Gasteiger partial charge >= 0.3 is 0 Å². The van der Waals surface area contributed by atoms with Crippen molar-refractivity contribution in [1.82, 2.24) is 0 Å². The van der Waals surface area contributed by atoms with Crippen LogP contribution >= 0.6 is 0 Å². The van der Waals surface area contributed by atoms with Crippen molar-refractivity contribution in [3.05, 3.63) is 29.8 Å². The summed E-state index contributed by atoms with van der Waals surface area (Å²) in [6.07, 6.45) is 2.97. The fourth-order valence-electron chi connectivity index (χ4n) is 4.69. The van der Waals surface area contributed by atoms with Crippen LogP contribution in [-0.4, -0.2) is 50.6 Å². The first-order valence-corrected chi connectivity index (χ1v) is 12.2. The van der Waals surface area contributed by atoms with Crippen molar-refractivity contribution in [2.75, 3.05) is 12.4 Å². The van der Waals surface area contributed by atoms with E-state index >= 15 is 0 Å². The van der Waals surface area contributed by atoms with E-state index in [1.54, 1.807) is 0 Å². The SMILES string of the molecule is Cc1ccc(S(=O)(C[C@]23CCCC[C@H]2[C@@H](O)[C@H](C)O3)=N[C@@H](CO)C(C)C)cc1. The molecule has 1 unspecified atom stereocenters. The van der Waals surface area contributed by atoms with Crippen LogP contribution in [0.1, 0.15) is 52.0 Å². The minimum Gasteiger partial charge on any atom is -0.394 e.